The Morgan fingerprint density at radius 1 is 0.394 bits per heavy atom. The standard InChI is InChI=1S/C59H107NO6/c1-5-9-13-21-29-41-53(38-12-8-4)50-64-57(61)46-34-24-18-16-15-17-22-32-44-56(60-49-37-36-48-59(63)66-52-55-42-30-26-31-43-55)45-33-23-19-20-25-35-47-58(62)65-51-54(39-27-11-7-3)40-28-14-10-6-2/h26,30-31,42-43,53-54,56,60H,5-25,27-29,32-41,44-52H2,1-4H3. The van der Waals surface area contributed by atoms with Gasteiger partial charge in [-0.1, -0.05) is 225 Å². The summed E-state index contributed by atoms with van der Waals surface area (Å²) in [5, 5.41) is 3.86. The van der Waals surface area contributed by atoms with Gasteiger partial charge in [-0.2, -0.15) is 0 Å². The summed E-state index contributed by atoms with van der Waals surface area (Å²) in [7, 11) is 0. The van der Waals surface area contributed by atoms with Gasteiger partial charge < -0.3 is 19.5 Å². The van der Waals surface area contributed by atoms with Crippen molar-refractivity contribution in [2.45, 2.75) is 291 Å². The smallest absolute Gasteiger partial charge is 0.306 e. The van der Waals surface area contributed by atoms with Gasteiger partial charge >= 0.3 is 17.9 Å². The molecule has 0 saturated heterocycles. The van der Waals surface area contributed by atoms with Gasteiger partial charge in [0.15, 0.2) is 0 Å². The second kappa shape index (κ2) is 47.6. The molecule has 0 heterocycles. The van der Waals surface area contributed by atoms with Crippen molar-refractivity contribution in [2.24, 2.45) is 11.8 Å². The maximum absolute atomic E-state index is 12.6. The molecule has 384 valence electrons. The molecule has 0 bridgehead atoms. The first-order chi connectivity index (χ1) is 32.4. The number of hydrogen-bond donors (Lipinski definition) is 1. The summed E-state index contributed by atoms with van der Waals surface area (Å²) >= 11 is 0. The first kappa shape index (κ1) is 61.6. The van der Waals surface area contributed by atoms with E-state index in [-0.39, 0.29) is 17.9 Å². The van der Waals surface area contributed by atoms with Gasteiger partial charge in [-0.05, 0) is 88.2 Å². The van der Waals surface area contributed by atoms with Gasteiger partial charge in [0.2, 0.25) is 0 Å². The summed E-state index contributed by atoms with van der Waals surface area (Å²) in [6.07, 6.45) is 45.0. The molecule has 0 amide bonds. The molecule has 0 aliphatic heterocycles. The minimum atomic E-state index is -0.112. The quantitative estimate of drug-likeness (QED) is 0.0395. The molecular formula is C59H107NO6. The molecule has 0 aromatic heterocycles. The van der Waals surface area contributed by atoms with E-state index in [2.05, 4.69) is 33.0 Å². The topological polar surface area (TPSA) is 90.9 Å². The molecule has 0 saturated carbocycles. The van der Waals surface area contributed by atoms with Crippen molar-refractivity contribution >= 4 is 17.9 Å². The Morgan fingerprint density at radius 3 is 1.23 bits per heavy atom. The lowest BCUT2D eigenvalue weighted by atomic mass is 9.95. The van der Waals surface area contributed by atoms with Crippen molar-refractivity contribution in [2.75, 3.05) is 19.8 Å². The molecule has 1 N–H and O–H groups in total. The van der Waals surface area contributed by atoms with E-state index in [0.717, 1.165) is 50.6 Å². The highest BCUT2D eigenvalue weighted by Crippen LogP contribution is 2.21. The maximum atomic E-state index is 12.6. The SMILES string of the molecule is CCCCCCCC(CCCC)COC(=O)CCCCCCCCCCC(CCCCCCCCC(=O)OCC(CCCCC)CCCCCC)NCCCCC(=O)OCc1ccccc1. The number of ether oxygens (including phenoxy) is 3. The highest BCUT2D eigenvalue weighted by Gasteiger charge is 2.14. The van der Waals surface area contributed by atoms with Crippen molar-refractivity contribution < 1.29 is 28.6 Å². The summed E-state index contributed by atoms with van der Waals surface area (Å²) in [4.78, 5) is 37.4. The fourth-order valence-electron chi connectivity index (χ4n) is 9.21. The van der Waals surface area contributed by atoms with Crippen LogP contribution in [-0.2, 0) is 35.2 Å². The summed E-state index contributed by atoms with van der Waals surface area (Å²) in [5.41, 5.74) is 1.03. The molecule has 1 aromatic carbocycles. The van der Waals surface area contributed by atoms with E-state index in [1.54, 1.807) is 0 Å². The summed E-state index contributed by atoms with van der Waals surface area (Å²) in [6.45, 7) is 11.5. The van der Waals surface area contributed by atoms with Crippen LogP contribution in [0.2, 0.25) is 0 Å². The Labute approximate surface area is 408 Å². The molecule has 3 unspecified atom stereocenters. The van der Waals surface area contributed by atoms with E-state index in [4.69, 9.17) is 14.2 Å². The number of carbonyl (C=O) groups excluding carboxylic acids is 3. The first-order valence-corrected chi connectivity index (χ1v) is 28.7. The fraction of sp³-hybridized carbons (Fsp3) is 0.847. The zero-order chi connectivity index (χ0) is 47.8. The van der Waals surface area contributed by atoms with E-state index >= 15 is 0 Å². The van der Waals surface area contributed by atoms with E-state index in [1.165, 1.54) is 193 Å². The zero-order valence-electron chi connectivity index (χ0n) is 44.0. The number of unbranched alkanes of at least 4 members (excludes halogenated alkanes) is 23. The third-order valence-corrected chi connectivity index (χ3v) is 13.7. The highest BCUT2D eigenvalue weighted by atomic mass is 16.5. The second-order valence-corrected chi connectivity index (χ2v) is 20.1. The Hall–Kier alpha value is -2.41. The third kappa shape index (κ3) is 40.6. The number of carbonyl (C=O) groups is 3. The monoisotopic (exact) mass is 926 g/mol. The Morgan fingerprint density at radius 2 is 0.742 bits per heavy atom. The predicted octanol–water partition coefficient (Wildman–Crippen LogP) is 17.3. The molecule has 0 aliphatic rings. The van der Waals surface area contributed by atoms with E-state index in [1.807, 2.05) is 30.3 Å². The van der Waals surface area contributed by atoms with Gasteiger partial charge in [0, 0.05) is 25.3 Å². The Bertz CT molecular complexity index is 1210. The van der Waals surface area contributed by atoms with E-state index < -0.39 is 0 Å². The number of rotatable bonds is 50. The molecule has 0 fully saturated rings. The van der Waals surface area contributed by atoms with Crippen LogP contribution in [0.15, 0.2) is 30.3 Å². The highest BCUT2D eigenvalue weighted by molar-refractivity contribution is 5.70. The van der Waals surface area contributed by atoms with Crippen LogP contribution in [0.1, 0.15) is 284 Å². The van der Waals surface area contributed by atoms with Gasteiger partial charge in [-0.25, -0.2) is 0 Å². The van der Waals surface area contributed by atoms with Crippen molar-refractivity contribution in [3.05, 3.63) is 35.9 Å². The van der Waals surface area contributed by atoms with Gasteiger partial charge in [0.1, 0.15) is 6.61 Å². The average Bonchev–Trinajstić information content (AvgIpc) is 3.33. The molecule has 0 aliphatic carbocycles. The molecule has 0 radical (unpaired) electrons. The second-order valence-electron chi connectivity index (χ2n) is 20.1. The van der Waals surface area contributed by atoms with Crippen LogP contribution < -0.4 is 5.32 Å². The number of benzene rings is 1. The Kier molecular flexibility index (Phi) is 44.5. The number of hydrogen-bond acceptors (Lipinski definition) is 7. The summed E-state index contributed by atoms with van der Waals surface area (Å²) < 4.78 is 17.0. The summed E-state index contributed by atoms with van der Waals surface area (Å²) in [5.74, 6) is 0.961. The van der Waals surface area contributed by atoms with E-state index in [0.29, 0.717) is 57.0 Å². The number of nitrogens with one attached hydrogen (secondary N) is 1. The largest absolute Gasteiger partial charge is 0.465 e. The minimum Gasteiger partial charge on any atom is -0.465 e. The first-order valence-electron chi connectivity index (χ1n) is 28.7. The van der Waals surface area contributed by atoms with E-state index in [9.17, 15) is 14.4 Å². The fourth-order valence-corrected chi connectivity index (χ4v) is 9.21. The lowest BCUT2D eigenvalue weighted by Crippen LogP contribution is -2.30. The zero-order valence-corrected chi connectivity index (χ0v) is 44.0. The minimum absolute atomic E-state index is 0.000683. The molecule has 7 heteroatoms. The van der Waals surface area contributed by atoms with Gasteiger partial charge in [0.25, 0.3) is 0 Å². The van der Waals surface area contributed by atoms with Crippen LogP contribution in [-0.4, -0.2) is 43.7 Å². The van der Waals surface area contributed by atoms with Crippen molar-refractivity contribution in [1.82, 2.24) is 5.32 Å². The third-order valence-electron chi connectivity index (χ3n) is 13.7. The van der Waals surface area contributed by atoms with Crippen LogP contribution in [0.25, 0.3) is 0 Å². The molecule has 3 atom stereocenters. The van der Waals surface area contributed by atoms with Crippen LogP contribution in [0, 0.1) is 11.8 Å². The summed E-state index contributed by atoms with van der Waals surface area (Å²) in [6, 6.07) is 10.4. The van der Waals surface area contributed by atoms with Crippen LogP contribution >= 0.6 is 0 Å². The van der Waals surface area contributed by atoms with Crippen molar-refractivity contribution in [1.29, 1.82) is 0 Å². The van der Waals surface area contributed by atoms with Gasteiger partial charge in [-0.3, -0.25) is 14.4 Å². The normalized spacial score (nSPS) is 12.8. The molecule has 1 aromatic rings. The molecule has 66 heavy (non-hydrogen) atoms. The maximum Gasteiger partial charge on any atom is 0.306 e. The lowest BCUT2D eigenvalue weighted by Gasteiger charge is -2.19. The number of esters is 3. The van der Waals surface area contributed by atoms with Crippen molar-refractivity contribution in [3.8, 4) is 0 Å². The molecular weight excluding hydrogens is 819 g/mol. The van der Waals surface area contributed by atoms with Gasteiger partial charge in [0.05, 0.1) is 13.2 Å². The van der Waals surface area contributed by atoms with Crippen LogP contribution in [0.5, 0.6) is 0 Å². The van der Waals surface area contributed by atoms with Crippen LogP contribution in [0.3, 0.4) is 0 Å². The molecule has 7 nitrogen and oxygen atoms in total. The van der Waals surface area contributed by atoms with Crippen molar-refractivity contribution in [3.63, 3.8) is 0 Å². The average molecular weight is 927 g/mol. The molecule has 1 rings (SSSR count). The predicted molar refractivity (Wildman–Crippen MR) is 280 cm³/mol. The van der Waals surface area contributed by atoms with Gasteiger partial charge in [-0.15, -0.1) is 0 Å². The lowest BCUT2D eigenvalue weighted by molar-refractivity contribution is -0.146. The molecule has 0 spiro atoms. The van der Waals surface area contributed by atoms with Crippen LogP contribution in [0.4, 0.5) is 0 Å². The Balaban J connectivity index is 2.31.